The van der Waals surface area contributed by atoms with Crippen molar-refractivity contribution in [1.82, 2.24) is 4.57 Å². The maximum atomic E-state index is 3.62. The lowest BCUT2D eigenvalue weighted by Gasteiger charge is -2.08. The third kappa shape index (κ3) is 4.25. The maximum Gasteiger partial charge on any atom is 0.0492 e. The summed E-state index contributed by atoms with van der Waals surface area (Å²) in [6.45, 7) is 1.10. The lowest BCUT2D eigenvalue weighted by Crippen LogP contribution is -1.97. The minimum absolute atomic E-state index is 1.10. The number of fused-ring (bicyclic) bond motifs is 3. The molecule has 1 nitrogen and oxygen atoms in total. The second-order valence-corrected chi connectivity index (χ2v) is 8.91. The average molecular weight is 516 g/mol. The van der Waals surface area contributed by atoms with E-state index in [4.69, 9.17) is 0 Å². The van der Waals surface area contributed by atoms with Crippen LogP contribution in [-0.4, -0.2) is 9.90 Å². The first-order valence-corrected chi connectivity index (χ1v) is 11.3. The fraction of sp³-hybridized carbons (Fsp3) is 0.400. The lowest BCUT2D eigenvalue weighted by atomic mass is 10.1. The van der Waals surface area contributed by atoms with Gasteiger partial charge < -0.3 is 4.57 Å². The van der Waals surface area contributed by atoms with Crippen LogP contribution < -0.4 is 0 Å². The molecule has 0 bridgehead atoms. The van der Waals surface area contributed by atoms with Crippen molar-refractivity contribution in [3.8, 4) is 0 Å². The second kappa shape index (κ2) is 8.86. The zero-order valence-electron chi connectivity index (χ0n) is 13.7. The third-order valence-corrected chi connectivity index (χ3v) is 6.10. The molecule has 3 rings (SSSR count). The van der Waals surface area contributed by atoms with Gasteiger partial charge in [-0.15, -0.1) is 0 Å². The lowest BCUT2D eigenvalue weighted by molar-refractivity contribution is 0.572. The quantitative estimate of drug-likeness (QED) is 0.211. The summed E-state index contributed by atoms with van der Waals surface area (Å²) in [5.74, 6) is 0. The topological polar surface area (TPSA) is 4.93 Å². The summed E-state index contributed by atoms with van der Waals surface area (Å²) >= 11 is 10.7. The standard InChI is InChI=1S/C20H22Br3N/c21-11-5-3-1-2-4-6-12-24-19-9-7-15(22)13-17(19)18-14-16(23)8-10-20(18)24/h7-10,13-14H,1-6,11-12H2. The summed E-state index contributed by atoms with van der Waals surface area (Å²) in [5.41, 5.74) is 2.68. The molecule has 2 aromatic carbocycles. The SMILES string of the molecule is BrCCCCCCCCn1c2ccc(Br)cc2c2cc(Br)ccc21. The van der Waals surface area contributed by atoms with Crippen LogP contribution in [0.25, 0.3) is 21.8 Å². The summed E-state index contributed by atoms with van der Waals surface area (Å²) in [4.78, 5) is 0. The smallest absolute Gasteiger partial charge is 0.0492 e. The van der Waals surface area contributed by atoms with E-state index in [1.807, 2.05) is 0 Å². The van der Waals surface area contributed by atoms with E-state index in [2.05, 4.69) is 88.8 Å². The minimum atomic E-state index is 1.10. The first-order valence-electron chi connectivity index (χ1n) is 8.63. The Bertz CT molecular complexity index is 763. The number of aromatic nitrogens is 1. The Hall–Kier alpha value is -0.320. The molecule has 0 unspecified atom stereocenters. The van der Waals surface area contributed by atoms with Gasteiger partial charge in [0.25, 0.3) is 0 Å². The third-order valence-electron chi connectivity index (χ3n) is 4.55. The molecule has 0 aliphatic carbocycles. The number of hydrogen-bond acceptors (Lipinski definition) is 0. The first-order chi connectivity index (χ1) is 11.7. The maximum absolute atomic E-state index is 3.62. The van der Waals surface area contributed by atoms with Crippen molar-refractivity contribution in [2.45, 2.75) is 45.1 Å². The number of alkyl halides is 1. The highest BCUT2D eigenvalue weighted by atomic mass is 79.9. The molecule has 1 heterocycles. The molecule has 1 aromatic heterocycles. The molecule has 0 amide bonds. The van der Waals surface area contributed by atoms with Crippen molar-refractivity contribution in [2.24, 2.45) is 0 Å². The predicted octanol–water partition coefficient (Wildman–Crippen LogP) is 8.06. The number of nitrogens with zero attached hydrogens (tertiary/aromatic N) is 1. The van der Waals surface area contributed by atoms with Gasteiger partial charge in [0.15, 0.2) is 0 Å². The molecule has 0 aliphatic rings. The summed E-state index contributed by atoms with van der Waals surface area (Å²) in [7, 11) is 0. The molecule has 4 heteroatoms. The molecular weight excluding hydrogens is 494 g/mol. The van der Waals surface area contributed by atoms with E-state index in [9.17, 15) is 0 Å². The molecule has 0 aliphatic heterocycles. The Morgan fingerprint density at radius 1 is 0.667 bits per heavy atom. The van der Waals surface area contributed by atoms with Crippen LogP contribution in [0.4, 0.5) is 0 Å². The van der Waals surface area contributed by atoms with Crippen molar-refractivity contribution in [3.05, 3.63) is 45.3 Å². The average Bonchev–Trinajstić information content (AvgIpc) is 2.87. The van der Waals surface area contributed by atoms with E-state index in [-0.39, 0.29) is 0 Å². The van der Waals surface area contributed by atoms with Gasteiger partial charge in [0.2, 0.25) is 0 Å². The Balaban J connectivity index is 1.79. The highest BCUT2D eigenvalue weighted by Crippen LogP contribution is 2.33. The Labute approximate surface area is 169 Å². The number of hydrogen-bond donors (Lipinski definition) is 0. The molecule has 0 saturated heterocycles. The van der Waals surface area contributed by atoms with Gasteiger partial charge in [-0.05, 0) is 49.2 Å². The van der Waals surface area contributed by atoms with E-state index in [1.54, 1.807) is 0 Å². The second-order valence-electron chi connectivity index (χ2n) is 6.28. The Kier molecular flexibility index (Phi) is 6.82. The first kappa shape index (κ1) is 18.5. The number of benzene rings is 2. The van der Waals surface area contributed by atoms with Gasteiger partial charge in [0, 0.05) is 42.6 Å². The number of rotatable bonds is 8. The Morgan fingerprint density at radius 3 is 1.71 bits per heavy atom. The van der Waals surface area contributed by atoms with E-state index >= 15 is 0 Å². The largest absolute Gasteiger partial charge is 0.340 e. The summed E-state index contributed by atoms with van der Waals surface area (Å²) in [6.07, 6.45) is 7.93. The van der Waals surface area contributed by atoms with E-state index in [0.29, 0.717) is 0 Å². The monoisotopic (exact) mass is 513 g/mol. The van der Waals surface area contributed by atoms with Crippen LogP contribution in [0.3, 0.4) is 0 Å². The van der Waals surface area contributed by atoms with Gasteiger partial charge in [0.05, 0.1) is 0 Å². The van der Waals surface area contributed by atoms with Crippen LogP contribution >= 0.6 is 47.8 Å². The molecule has 128 valence electrons. The van der Waals surface area contributed by atoms with Crippen LogP contribution in [0, 0.1) is 0 Å². The summed E-state index contributed by atoms with van der Waals surface area (Å²) in [6, 6.07) is 13.2. The Morgan fingerprint density at radius 2 is 1.17 bits per heavy atom. The van der Waals surface area contributed by atoms with Crippen molar-refractivity contribution in [1.29, 1.82) is 0 Å². The molecule has 0 N–H and O–H groups in total. The van der Waals surface area contributed by atoms with Gasteiger partial charge in [-0.1, -0.05) is 73.5 Å². The molecule has 24 heavy (non-hydrogen) atoms. The number of unbranched alkanes of at least 4 members (excludes halogenated alkanes) is 5. The fourth-order valence-electron chi connectivity index (χ4n) is 3.36. The van der Waals surface area contributed by atoms with Crippen molar-refractivity contribution >= 4 is 69.6 Å². The molecule has 3 aromatic rings. The van der Waals surface area contributed by atoms with Crippen LogP contribution in [0.5, 0.6) is 0 Å². The summed E-state index contributed by atoms with van der Waals surface area (Å²) < 4.78 is 4.77. The van der Waals surface area contributed by atoms with Crippen molar-refractivity contribution in [2.75, 3.05) is 5.33 Å². The van der Waals surface area contributed by atoms with E-state index < -0.39 is 0 Å². The normalized spacial score (nSPS) is 11.6. The van der Waals surface area contributed by atoms with Crippen LogP contribution in [0.1, 0.15) is 38.5 Å². The molecule has 0 radical (unpaired) electrons. The number of halogens is 3. The van der Waals surface area contributed by atoms with Crippen LogP contribution in [0.2, 0.25) is 0 Å². The highest BCUT2D eigenvalue weighted by Gasteiger charge is 2.11. The van der Waals surface area contributed by atoms with Crippen LogP contribution in [-0.2, 0) is 6.54 Å². The van der Waals surface area contributed by atoms with Gasteiger partial charge >= 0.3 is 0 Å². The van der Waals surface area contributed by atoms with Gasteiger partial charge in [-0.3, -0.25) is 0 Å². The molecule has 0 atom stereocenters. The molecule has 0 saturated carbocycles. The van der Waals surface area contributed by atoms with E-state index in [1.165, 1.54) is 60.3 Å². The fourth-order valence-corrected chi connectivity index (χ4v) is 4.48. The van der Waals surface area contributed by atoms with Gasteiger partial charge in [-0.2, -0.15) is 0 Å². The highest BCUT2D eigenvalue weighted by molar-refractivity contribution is 9.10. The number of aryl methyl sites for hydroxylation is 1. The van der Waals surface area contributed by atoms with Crippen LogP contribution in [0.15, 0.2) is 45.3 Å². The van der Waals surface area contributed by atoms with Crippen molar-refractivity contribution in [3.63, 3.8) is 0 Å². The zero-order chi connectivity index (χ0) is 16.9. The minimum Gasteiger partial charge on any atom is -0.340 e. The summed E-state index contributed by atoms with van der Waals surface area (Å²) in [5, 5.41) is 3.80. The van der Waals surface area contributed by atoms with Crippen molar-refractivity contribution < 1.29 is 0 Å². The molecule has 0 fully saturated rings. The van der Waals surface area contributed by atoms with E-state index in [0.717, 1.165) is 20.8 Å². The van der Waals surface area contributed by atoms with Gasteiger partial charge in [0.1, 0.15) is 0 Å². The molecule has 0 spiro atoms. The molecular formula is C20H22Br3N. The predicted molar refractivity (Wildman–Crippen MR) is 116 cm³/mol. The zero-order valence-corrected chi connectivity index (χ0v) is 18.5. The van der Waals surface area contributed by atoms with Gasteiger partial charge in [-0.25, -0.2) is 0 Å².